The number of rotatable bonds is 4. The Bertz CT molecular complexity index is 377. The van der Waals surface area contributed by atoms with E-state index in [9.17, 15) is 4.79 Å². The van der Waals surface area contributed by atoms with Crippen LogP contribution in [0.4, 0.5) is 5.69 Å². The Balaban J connectivity index is 2.87. The lowest BCUT2D eigenvalue weighted by atomic mass is 10.2. The smallest absolute Gasteiger partial charge is 0.241 e. The second-order valence-electron chi connectivity index (χ2n) is 3.35. The van der Waals surface area contributed by atoms with Crippen LogP contribution in [0.3, 0.4) is 0 Å². The van der Waals surface area contributed by atoms with Gasteiger partial charge in [-0.15, -0.1) is 0 Å². The van der Waals surface area contributed by atoms with Crippen molar-refractivity contribution in [3.05, 3.63) is 18.2 Å². The predicted octanol–water partition coefficient (Wildman–Crippen LogP) is 0.989. The lowest BCUT2D eigenvalue weighted by Crippen LogP contribution is -2.32. The number of carbonyl (C=O) groups excluding carboxylic acids is 1. The van der Waals surface area contributed by atoms with E-state index in [0.717, 1.165) is 0 Å². The van der Waals surface area contributed by atoms with E-state index >= 15 is 0 Å². The first-order chi connectivity index (χ1) is 7.58. The van der Waals surface area contributed by atoms with E-state index in [1.807, 2.05) is 0 Å². The minimum atomic E-state index is -0.548. The molecular formula is C11H16N2O3. The molecule has 0 saturated heterocycles. The van der Waals surface area contributed by atoms with Gasteiger partial charge in [-0.25, -0.2) is 0 Å². The number of amides is 1. The Kier molecular flexibility index (Phi) is 4.13. The van der Waals surface area contributed by atoms with Crippen LogP contribution >= 0.6 is 0 Å². The molecule has 5 heteroatoms. The number of anilines is 1. The second-order valence-corrected chi connectivity index (χ2v) is 3.35. The second kappa shape index (κ2) is 5.37. The van der Waals surface area contributed by atoms with E-state index in [-0.39, 0.29) is 5.91 Å². The highest BCUT2D eigenvalue weighted by molar-refractivity contribution is 5.94. The van der Waals surface area contributed by atoms with Crippen molar-refractivity contribution in [2.45, 2.75) is 13.0 Å². The molecule has 1 atom stereocenters. The summed E-state index contributed by atoms with van der Waals surface area (Å²) in [5, 5.41) is 2.67. The van der Waals surface area contributed by atoms with Crippen molar-refractivity contribution in [2.75, 3.05) is 19.5 Å². The van der Waals surface area contributed by atoms with Crippen LogP contribution in [0.1, 0.15) is 6.92 Å². The number of benzene rings is 1. The summed E-state index contributed by atoms with van der Waals surface area (Å²) in [4.78, 5) is 11.4. The van der Waals surface area contributed by atoms with Crippen LogP contribution in [-0.4, -0.2) is 26.2 Å². The molecule has 1 aromatic rings. The summed E-state index contributed by atoms with van der Waals surface area (Å²) in [6.45, 7) is 1.62. The molecule has 0 radical (unpaired) electrons. The third kappa shape index (κ3) is 2.87. The Morgan fingerprint density at radius 1 is 1.31 bits per heavy atom. The van der Waals surface area contributed by atoms with Gasteiger partial charge in [0, 0.05) is 11.8 Å². The number of ether oxygens (including phenoxy) is 2. The van der Waals surface area contributed by atoms with Crippen LogP contribution in [0, 0.1) is 0 Å². The van der Waals surface area contributed by atoms with Gasteiger partial charge >= 0.3 is 0 Å². The van der Waals surface area contributed by atoms with Gasteiger partial charge in [0.15, 0.2) is 11.5 Å². The zero-order chi connectivity index (χ0) is 12.1. The van der Waals surface area contributed by atoms with Crippen LogP contribution < -0.4 is 20.5 Å². The van der Waals surface area contributed by atoms with Crippen molar-refractivity contribution in [3.8, 4) is 11.5 Å². The third-order valence-electron chi connectivity index (χ3n) is 2.06. The molecule has 0 unspecified atom stereocenters. The standard InChI is InChI=1S/C11H16N2O3/c1-7(12)11(14)13-8-4-5-9(15-2)10(6-8)16-3/h4-7H,12H2,1-3H3,(H,13,14)/t7-/m0/s1. The molecule has 0 spiro atoms. The first kappa shape index (κ1) is 12.3. The Morgan fingerprint density at radius 3 is 2.44 bits per heavy atom. The summed E-state index contributed by atoms with van der Waals surface area (Å²) < 4.78 is 10.2. The van der Waals surface area contributed by atoms with Gasteiger partial charge in [-0.05, 0) is 19.1 Å². The minimum Gasteiger partial charge on any atom is -0.493 e. The van der Waals surface area contributed by atoms with Crippen LogP contribution in [0.15, 0.2) is 18.2 Å². The fourth-order valence-electron chi connectivity index (χ4n) is 1.17. The minimum absolute atomic E-state index is 0.243. The largest absolute Gasteiger partial charge is 0.493 e. The maximum absolute atomic E-state index is 11.4. The van der Waals surface area contributed by atoms with Crippen molar-refractivity contribution >= 4 is 11.6 Å². The summed E-state index contributed by atoms with van der Waals surface area (Å²) >= 11 is 0. The lowest BCUT2D eigenvalue weighted by molar-refractivity contribution is -0.117. The monoisotopic (exact) mass is 224 g/mol. The highest BCUT2D eigenvalue weighted by Gasteiger charge is 2.09. The van der Waals surface area contributed by atoms with Gasteiger partial charge in [-0.1, -0.05) is 0 Å². The normalized spacial score (nSPS) is 11.8. The van der Waals surface area contributed by atoms with Gasteiger partial charge in [-0.3, -0.25) is 4.79 Å². The summed E-state index contributed by atoms with van der Waals surface area (Å²) in [5.41, 5.74) is 6.07. The maximum Gasteiger partial charge on any atom is 0.241 e. The van der Waals surface area contributed by atoms with Crippen LogP contribution in [0.25, 0.3) is 0 Å². The molecule has 0 aliphatic carbocycles. The molecule has 0 heterocycles. The number of hydrogen-bond acceptors (Lipinski definition) is 4. The number of nitrogens with two attached hydrogens (primary N) is 1. The summed E-state index contributed by atoms with van der Waals surface area (Å²) in [6.07, 6.45) is 0. The first-order valence-electron chi connectivity index (χ1n) is 4.87. The average molecular weight is 224 g/mol. The molecule has 1 rings (SSSR count). The number of hydrogen-bond donors (Lipinski definition) is 2. The first-order valence-corrected chi connectivity index (χ1v) is 4.87. The molecule has 3 N–H and O–H groups in total. The van der Waals surface area contributed by atoms with Crippen molar-refractivity contribution in [2.24, 2.45) is 5.73 Å². The molecule has 1 aromatic carbocycles. The van der Waals surface area contributed by atoms with Crippen LogP contribution in [-0.2, 0) is 4.79 Å². The van der Waals surface area contributed by atoms with Gasteiger partial charge in [0.05, 0.1) is 20.3 Å². The number of nitrogens with one attached hydrogen (secondary N) is 1. The van der Waals surface area contributed by atoms with Crippen molar-refractivity contribution in [1.29, 1.82) is 0 Å². The molecule has 0 saturated carbocycles. The molecule has 0 aliphatic heterocycles. The van der Waals surface area contributed by atoms with Gasteiger partial charge < -0.3 is 20.5 Å². The van der Waals surface area contributed by atoms with Gasteiger partial charge in [0.2, 0.25) is 5.91 Å². The quantitative estimate of drug-likeness (QED) is 0.799. The molecule has 1 amide bonds. The van der Waals surface area contributed by atoms with Crippen molar-refractivity contribution < 1.29 is 14.3 Å². The van der Waals surface area contributed by atoms with Gasteiger partial charge in [-0.2, -0.15) is 0 Å². The Labute approximate surface area is 94.5 Å². The molecule has 0 bridgehead atoms. The maximum atomic E-state index is 11.4. The SMILES string of the molecule is COc1ccc(NC(=O)[C@H](C)N)cc1OC. The molecular weight excluding hydrogens is 208 g/mol. The van der Waals surface area contributed by atoms with Gasteiger partial charge in [0.1, 0.15) is 0 Å². The molecule has 0 fully saturated rings. The summed E-state index contributed by atoms with van der Waals surface area (Å²) in [6, 6.07) is 4.57. The molecule has 5 nitrogen and oxygen atoms in total. The highest BCUT2D eigenvalue weighted by atomic mass is 16.5. The van der Waals surface area contributed by atoms with E-state index < -0.39 is 6.04 Å². The van der Waals surface area contributed by atoms with E-state index in [2.05, 4.69) is 5.32 Å². The van der Waals surface area contributed by atoms with Crippen LogP contribution in [0.2, 0.25) is 0 Å². The molecule has 16 heavy (non-hydrogen) atoms. The predicted molar refractivity (Wildman–Crippen MR) is 61.8 cm³/mol. The van der Waals surface area contributed by atoms with E-state index in [1.165, 1.54) is 7.11 Å². The Hall–Kier alpha value is -1.75. The number of methoxy groups -OCH3 is 2. The zero-order valence-electron chi connectivity index (χ0n) is 9.61. The summed E-state index contributed by atoms with van der Waals surface area (Å²) in [7, 11) is 3.09. The van der Waals surface area contributed by atoms with E-state index in [4.69, 9.17) is 15.2 Å². The fourth-order valence-corrected chi connectivity index (χ4v) is 1.17. The highest BCUT2D eigenvalue weighted by Crippen LogP contribution is 2.29. The van der Waals surface area contributed by atoms with Crippen molar-refractivity contribution in [1.82, 2.24) is 0 Å². The Morgan fingerprint density at radius 2 is 1.94 bits per heavy atom. The zero-order valence-corrected chi connectivity index (χ0v) is 9.61. The third-order valence-corrected chi connectivity index (χ3v) is 2.06. The topological polar surface area (TPSA) is 73.6 Å². The molecule has 88 valence electrons. The average Bonchev–Trinajstić information content (AvgIpc) is 2.28. The summed E-state index contributed by atoms with van der Waals surface area (Å²) in [5.74, 6) is 0.929. The van der Waals surface area contributed by atoms with Gasteiger partial charge in [0.25, 0.3) is 0 Å². The van der Waals surface area contributed by atoms with E-state index in [1.54, 1.807) is 32.2 Å². The molecule has 0 aliphatic rings. The van der Waals surface area contributed by atoms with E-state index in [0.29, 0.717) is 17.2 Å². The van der Waals surface area contributed by atoms with Crippen LogP contribution in [0.5, 0.6) is 11.5 Å². The lowest BCUT2D eigenvalue weighted by Gasteiger charge is -2.11. The van der Waals surface area contributed by atoms with Crippen molar-refractivity contribution in [3.63, 3.8) is 0 Å². The molecule has 0 aromatic heterocycles. The number of carbonyl (C=O) groups is 1. The fraction of sp³-hybridized carbons (Fsp3) is 0.364.